The van der Waals surface area contributed by atoms with E-state index in [1.54, 1.807) is 6.92 Å². The molecule has 1 unspecified atom stereocenters. The minimum Gasteiger partial charge on any atom is -0.494 e. The molecule has 17 heavy (non-hydrogen) atoms. The summed E-state index contributed by atoms with van der Waals surface area (Å²) >= 11 is 0. The monoisotopic (exact) mass is 237 g/mol. The molecule has 0 bridgehead atoms. The van der Waals surface area contributed by atoms with Crippen molar-refractivity contribution in [2.75, 3.05) is 18.5 Å². The second kappa shape index (κ2) is 6.78. The number of aliphatic carboxylic acids is 1. The third kappa shape index (κ3) is 4.76. The number of hydrogen-bond acceptors (Lipinski definition) is 3. The second-order valence-electron chi connectivity index (χ2n) is 3.99. The lowest BCUT2D eigenvalue weighted by Gasteiger charge is -2.10. The topological polar surface area (TPSA) is 58.6 Å². The Hall–Kier alpha value is -1.71. The molecule has 0 aliphatic carbocycles. The number of carboxylic acid groups (broad SMARTS) is 1. The molecular formula is C13H19NO3. The smallest absolute Gasteiger partial charge is 0.308 e. The first-order chi connectivity index (χ1) is 8.13. The molecule has 0 spiro atoms. The molecule has 4 nitrogen and oxygen atoms in total. The molecule has 1 rings (SSSR count). The van der Waals surface area contributed by atoms with Crippen molar-refractivity contribution < 1.29 is 14.6 Å². The summed E-state index contributed by atoms with van der Waals surface area (Å²) in [5.41, 5.74) is 0.905. The van der Waals surface area contributed by atoms with Gasteiger partial charge in [0, 0.05) is 12.2 Å². The summed E-state index contributed by atoms with van der Waals surface area (Å²) in [5.74, 6) is -0.352. The highest BCUT2D eigenvalue weighted by molar-refractivity contribution is 5.70. The van der Waals surface area contributed by atoms with Gasteiger partial charge >= 0.3 is 5.97 Å². The molecule has 0 radical (unpaired) electrons. The van der Waals surface area contributed by atoms with Crippen LogP contribution in [-0.4, -0.2) is 24.2 Å². The van der Waals surface area contributed by atoms with E-state index in [1.165, 1.54) is 0 Å². The first kappa shape index (κ1) is 13.4. The lowest BCUT2D eigenvalue weighted by Crippen LogP contribution is -2.19. The summed E-state index contributed by atoms with van der Waals surface area (Å²) < 4.78 is 5.45. The number of carbonyl (C=O) groups is 1. The van der Waals surface area contributed by atoms with Gasteiger partial charge < -0.3 is 15.2 Å². The van der Waals surface area contributed by atoms with Crippen LogP contribution in [0.1, 0.15) is 20.3 Å². The Bertz CT molecular complexity index is 348. The Morgan fingerprint density at radius 1 is 1.41 bits per heavy atom. The fourth-order valence-corrected chi connectivity index (χ4v) is 1.25. The molecule has 0 heterocycles. The van der Waals surface area contributed by atoms with Crippen molar-refractivity contribution in [3.8, 4) is 5.75 Å². The number of nitrogens with one attached hydrogen (secondary N) is 1. The number of anilines is 1. The summed E-state index contributed by atoms with van der Waals surface area (Å²) in [4.78, 5) is 10.6. The maximum atomic E-state index is 10.6. The van der Waals surface area contributed by atoms with Crippen LogP contribution >= 0.6 is 0 Å². The Morgan fingerprint density at radius 2 is 2.06 bits per heavy atom. The van der Waals surface area contributed by atoms with E-state index in [4.69, 9.17) is 9.84 Å². The van der Waals surface area contributed by atoms with E-state index in [-0.39, 0.29) is 0 Å². The number of benzene rings is 1. The lowest BCUT2D eigenvalue weighted by molar-refractivity contribution is -0.140. The Balaban J connectivity index is 2.42. The first-order valence-corrected chi connectivity index (χ1v) is 5.83. The van der Waals surface area contributed by atoms with Gasteiger partial charge in [-0.25, -0.2) is 0 Å². The molecular weight excluding hydrogens is 218 g/mol. The normalized spacial score (nSPS) is 11.9. The molecule has 0 aliphatic heterocycles. The number of rotatable bonds is 7. The maximum absolute atomic E-state index is 10.6. The second-order valence-corrected chi connectivity index (χ2v) is 3.99. The standard InChI is InChI=1S/C13H19NO3/c1-3-8-17-12-6-4-11(5-7-12)14-9-10(2)13(15)16/h4-7,10,14H,3,8-9H2,1-2H3,(H,15,16). The van der Waals surface area contributed by atoms with Gasteiger partial charge in [-0.1, -0.05) is 13.8 Å². The molecule has 2 N–H and O–H groups in total. The fraction of sp³-hybridized carbons (Fsp3) is 0.462. The van der Waals surface area contributed by atoms with Crippen molar-refractivity contribution in [2.45, 2.75) is 20.3 Å². The van der Waals surface area contributed by atoms with Gasteiger partial charge in [0.2, 0.25) is 0 Å². The number of carboxylic acids is 1. The van der Waals surface area contributed by atoms with E-state index >= 15 is 0 Å². The van der Waals surface area contributed by atoms with E-state index in [0.717, 1.165) is 17.9 Å². The van der Waals surface area contributed by atoms with Crippen LogP contribution in [0.3, 0.4) is 0 Å². The highest BCUT2D eigenvalue weighted by atomic mass is 16.5. The minimum atomic E-state index is -0.791. The fourth-order valence-electron chi connectivity index (χ4n) is 1.25. The third-order valence-electron chi connectivity index (χ3n) is 2.36. The molecule has 0 aliphatic rings. The molecule has 1 aromatic rings. The van der Waals surface area contributed by atoms with Crippen molar-refractivity contribution in [3.63, 3.8) is 0 Å². The van der Waals surface area contributed by atoms with E-state index in [1.807, 2.05) is 24.3 Å². The minimum absolute atomic E-state index is 0.397. The molecule has 0 amide bonds. The van der Waals surface area contributed by atoms with Crippen molar-refractivity contribution in [1.29, 1.82) is 0 Å². The molecule has 0 fully saturated rings. The zero-order valence-corrected chi connectivity index (χ0v) is 10.3. The third-order valence-corrected chi connectivity index (χ3v) is 2.36. The zero-order chi connectivity index (χ0) is 12.7. The van der Waals surface area contributed by atoms with Crippen LogP contribution in [0.25, 0.3) is 0 Å². The maximum Gasteiger partial charge on any atom is 0.308 e. The zero-order valence-electron chi connectivity index (χ0n) is 10.3. The molecule has 0 aromatic heterocycles. The van der Waals surface area contributed by atoms with Crippen LogP contribution in [0.5, 0.6) is 5.75 Å². The molecule has 4 heteroatoms. The van der Waals surface area contributed by atoms with Crippen LogP contribution < -0.4 is 10.1 Å². The van der Waals surface area contributed by atoms with Crippen LogP contribution in [0, 0.1) is 5.92 Å². The largest absolute Gasteiger partial charge is 0.494 e. The molecule has 1 atom stereocenters. The summed E-state index contributed by atoms with van der Waals surface area (Å²) in [6.07, 6.45) is 0.982. The van der Waals surface area contributed by atoms with Crippen LogP contribution in [0.2, 0.25) is 0 Å². The highest BCUT2D eigenvalue weighted by Gasteiger charge is 2.09. The highest BCUT2D eigenvalue weighted by Crippen LogP contribution is 2.16. The van der Waals surface area contributed by atoms with E-state index in [0.29, 0.717) is 13.2 Å². The van der Waals surface area contributed by atoms with Gasteiger partial charge in [-0.3, -0.25) is 4.79 Å². The van der Waals surface area contributed by atoms with E-state index in [9.17, 15) is 4.79 Å². The number of hydrogen-bond donors (Lipinski definition) is 2. The summed E-state index contributed by atoms with van der Waals surface area (Å²) in [5, 5.41) is 11.8. The average Bonchev–Trinajstić information content (AvgIpc) is 2.34. The average molecular weight is 237 g/mol. The van der Waals surface area contributed by atoms with Crippen molar-refractivity contribution in [1.82, 2.24) is 0 Å². The molecule has 0 saturated carbocycles. The van der Waals surface area contributed by atoms with E-state index in [2.05, 4.69) is 12.2 Å². The summed E-state index contributed by atoms with van der Waals surface area (Å²) in [6, 6.07) is 7.53. The van der Waals surface area contributed by atoms with Crippen molar-refractivity contribution in [3.05, 3.63) is 24.3 Å². The van der Waals surface area contributed by atoms with Gasteiger partial charge in [-0.15, -0.1) is 0 Å². The Morgan fingerprint density at radius 3 is 2.59 bits per heavy atom. The van der Waals surface area contributed by atoms with Gasteiger partial charge in [0.25, 0.3) is 0 Å². The Kier molecular flexibility index (Phi) is 5.33. The first-order valence-electron chi connectivity index (χ1n) is 5.83. The van der Waals surface area contributed by atoms with E-state index < -0.39 is 11.9 Å². The predicted molar refractivity (Wildman–Crippen MR) is 67.5 cm³/mol. The summed E-state index contributed by atoms with van der Waals surface area (Å²) in [6.45, 7) is 4.87. The molecule has 94 valence electrons. The van der Waals surface area contributed by atoms with Crippen molar-refractivity contribution >= 4 is 11.7 Å². The number of ether oxygens (including phenoxy) is 1. The molecule has 1 aromatic carbocycles. The van der Waals surface area contributed by atoms with Crippen LogP contribution in [0.15, 0.2) is 24.3 Å². The van der Waals surface area contributed by atoms with Crippen LogP contribution in [0.4, 0.5) is 5.69 Å². The summed E-state index contributed by atoms with van der Waals surface area (Å²) in [7, 11) is 0. The van der Waals surface area contributed by atoms with Gasteiger partial charge in [0.05, 0.1) is 12.5 Å². The Labute approximate surface area is 102 Å². The molecule has 0 saturated heterocycles. The lowest BCUT2D eigenvalue weighted by atomic mass is 10.2. The van der Waals surface area contributed by atoms with Gasteiger partial charge in [0.15, 0.2) is 0 Å². The van der Waals surface area contributed by atoms with Crippen LogP contribution in [-0.2, 0) is 4.79 Å². The van der Waals surface area contributed by atoms with Gasteiger partial charge in [-0.05, 0) is 30.7 Å². The van der Waals surface area contributed by atoms with Crippen molar-refractivity contribution in [2.24, 2.45) is 5.92 Å². The van der Waals surface area contributed by atoms with Gasteiger partial charge in [-0.2, -0.15) is 0 Å². The predicted octanol–water partition coefficient (Wildman–Crippen LogP) is 2.61. The quantitative estimate of drug-likeness (QED) is 0.765. The SMILES string of the molecule is CCCOc1ccc(NCC(C)C(=O)O)cc1. The van der Waals surface area contributed by atoms with Gasteiger partial charge in [0.1, 0.15) is 5.75 Å².